The van der Waals surface area contributed by atoms with Crippen molar-refractivity contribution in [1.82, 2.24) is 5.32 Å². The molecule has 4 rings (SSSR count). The Kier molecular flexibility index (Phi) is 6.90. The average Bonchev–Trinajstić information content (AvgIpc) is 3.56. The van der Waals surface area contributed by atoms with E-state index in [2.05, 4.69) is 10.6 Å². The van der Waals surface area contributed by atoms with Gasteiger partial charge in [0.1, 0.15) is 17.5 Å². The summed E-state index contributed by atoms with van der Waals surface area (Å²) in [7, 11) is 0. The minimum Gasteiger partial charge on any atom is -0.508 e. The summed E-state index contributed by atoms with van der Waals surface area (Å²) in [6, 6.07) is 22.2. The smallest absolute Gasteiger partial charge is 0.251 e. The first-order valence-electron chi connectivity index (χ1n) is 10.9. The molecule has 0 bridgehead atoms. The van der Waals surface area contributed by atoms with Gasteiger partial charge in [-0.05, 0) is 60.5 Å². The predicted octanol–water partition coefficient (Wildman–Crippen LogP) is 3.41. The van der Waals surface area contributed by atoms with Crippen LogP contribution in [-0.4, -0.2) is 35.6 Å². The Morgan fingerprint density at radius 2 is 1.67 bits per heavy atom. The lowest BCUT2D eigenvalue weighted by atomic mass is 10.1. The lowest BCUT2D eigenvalue weighted by molar-refractivity contribution is -0.118. The van der Waals surface area contributed by atoms with Crippen molar-refractivity contribution in [2.75, 3.05) is 11.9 Å². The number of nitrogens with two attached hydrogens (primary N) is 1. The molecule has 1 saturated carbocycles. The number of ether oxygens (including phenoxy) is 1. The topological polar surface area (TPSA) is 114 Å². The second-order valence-corrected chi connectivity index (χ2v) is 8.14. The van der Waals surface area contributed by atoms with Crippen molar-refractivity contribution in [1.29, 1.82) is 0 Å². The van der Waals surface area contributed by atoms with Crippen LogP contribution in [0.15, 0.2) is 78.9 Å². The van der Waals surface area contributed by atoms with Gasteiger partial charge in [-0.3, -0.25) is 9.59 Å². The summed E-state index contributed by atoms with van der Waals surface area (Å²) in [5.41, 5.74) is 8.10. The van der Waals surface area contributed by atoms with Crippen molar-refractivity contribution in [3.63, 3.8) is 0 Å². The van der Waals surface area contributed by atoms with E-state index < -0.39 is 11.9 Å². The third kappa shape index (κ3) is 6.11. The number of rotatable bonds is 9. The summed E-state index contributed by atoms with van der Waals surface area (Å²) in [6.07, 6.45) is 1.29. The van der Waals surface area contributed by atoms with Crippen molar-refractivity contribution in [2.45, 2.75) is 30.8 Å². The fraction of sp³-hybridized carbons (Fsp3) is 0.231. The zero-order valence-electron chi connectivity index (χ0n) is 18.1. The molecule has 0 radical (unpaired) electrons. The van der Waals surface area contributed by atoms with Gasteiger partial charge in [-0.2, -0.15) is 0 Å². The first kappa shape index (κ1) is 22.4. The van der Waals surface area contributed by atoms with Crippen molar-refractivity contribution >= 4 is 17.5 Å². The molecule has 1 aliphatic rings. The van der Waals surface area contributed by atoms with E-state index in [1.165, 1.54) is 29.8 Å². The highest BCUT2D eigenvalue weighted by Crippen LogP contribution is 2.39. The van der Waals surface area contributed by atoms with Gasteiger partial charge in [0, 0.05) is 29.6 Å². The van der Waals surface area contributed by atoms with Gasteiger partial charge in [0.05, 0.1) is 6.61 Å². The number of hydrogen-bond acceptors (Lipinski definition) is 5. The maximum absolute atomic E-state index is 12.9. The number of amides is 2. The summed E-state index contributed by atoms with van der Waals surface area (Å²) in [4.78, 5) is 25.6. The van der Waals surface area contributed by atoms with Gasteiger partial charge < -0.3 is 26.2 Å². The normalized spacial score (nSPS) is 17.6. The van der Waals surface area contributed by atoms with Crippen LogP contribution in [-0.2, 0) is 4.79 Å². The second kappa shape index (κ2) is 10.2. The monoisotopic (exact) mass is 445 g/mol. The minimum absolute atomic E-state index is 0.0630. The first-order valence-corrected chi connectivity index (χ1v) is 10.9. The molecule has 2 amide bonds. The highest BCUT2D eigenvalue weighted by molar-refractivity contribution is 6.01. The number of anilines is 1. The van der Waals surface area contributed by atoms with Crippen LogP contribution >= 0.6 is 0 Å². The van der Waals surface area contributed by atoms with E-state index in [0.29, 0.717) is 22.9 Å². The molecule has 3 aromatic carbocycles. The molecule has 3 unspecified atom stereocenters. The van der Waals surface area contributed by atoms with Crippen LogP contribution in [0.25, 0.3) is 0 Å². The lowest BCUT2D eigenvalue weighted by Gasteiger charge is -2.19. The number of nitrogens with one attached hydrogen (secondary N) is 2. The van der Waals surface area contributed by atoms with Gasteiger partial charge in [0.25, 0.3) is 5.91 Å². The van der Waals surface area contributed by atoms with Gasteiger partial charge >= 0.3 is 0 Å². The standard InChI is InChI=1S/C26H27N3O4/c27-23-16-22(23)17-8-12-21(13-9-17)33-15-14-24(26(32)28-19-4-2-1-3-5-19)29-25(31)18-6-10-20(30)11-7-18/h1-13,22-24,30H,14-16,27H2,(H,28,32)(H,29,31). The number of aromatic hydroxyl groups is 1. The van der Waals surface area contributed by atoms with Crippen molar-refractivity contribution in [2.24, 2.45) is 5.73 Å². The van der Waals surface area contributed by atoms with Crippen LogP contribution in [0.5, 0.6) is 11.5 Å². The summed E-state index contributed by atoms with van der Waals surface area (Å²) in [6.45, 7) is 0.241. The first-order chi connectivity index (χ1) is 16.0. The van der Waals surface area contributed by atoms with Crippen molar-refractivity contribution in [3.05, 3.63) is 90.0 Å². The SMILES string of the molecule is NC1CC1c1ccc(OCCC(NC(=O)c2ccc(O)cc2)C(=O)Nc2ccccc2)cc1. The third-order valence-corrected chi connectivity index (χ3v) is 5.62. The van der Waals surface area contributed by atoms with Gasteiger partial charge in [-0.25, -0.2) is 0 Å². The van der Waals surface area contributed by atoms with Gasteiger partial charge in [0.2, 0.25) is 5.91 Å². The number of carbonyl (C=O) groups excluding carboxylic acids is 2. The number of hydrogen-bond donors (Lipinski definition) is 4. The van der Waals surface area contributed by atoms with Crippen LogP contribution in [0.2, 0.25) is 0 Å². The Hall–Kier alpha value is -3.84. The van der Waals surface area contributed by atoms with E-state index in [1.807, 2.05) is 42.5 Å². The number of phenolic OH excluding ortho intramolecular Hbond substituents is 1. The van der Waals surface area contributed by atoms with Crippen molar-refractivity contribution < 1.29 is 19.4 Å². The Bertz CT molecular complexity index is 1080. The van der Waals surface area contributed by atoms with Gasteiger partial charge in [-0.15, -0.1) is 0 Å². The quantitative estimate of drug-likeness (QED) is 0.403. The van der Waals surface area contributed by atoms with E-state index >= 15 is 0 Å². The van der Waals surface area contributed by atoms with Crippen LogP contribution in [0.1, 0.15) is 34.7 Å². The largest absolute Gasteiger partial charge is 0.508 e. The molecule has 7 nitrogen and oxygen atoms in total. The molecular weight excluding hydrogens is 418 g/mol. The molecule has 33 heavy (non-hydrogen) atoms. The highest BCUT2D eigenvalue weighted by atomic mass is 16.5. The maximum Gasteiger partial charge on any atom is 0.251 e. The Balaban J connectivity index is 1.38. The van der Waals surface area contributed by atoms with E-state index in [1.54, 1.807) is 12.1 Å². The molecule has 0 heterocycles. The van der Waals surface area contributed by atoms with Gasteiger partial charge in [0.15, 0.2) is 0 Å². The number of benzene rings is 3. The Morgan fingerprint density at radius 3 is 2.30 bits per heavy atom. The molecule has 1 fully saturated rings. The van der Waals surface area contributed by atoms with Gasteiger partial charge in [-0.1, -0.05) is 30.3 Å². The fourth-order valence-corrected chi connectivity index (χ4v) is 3.58. The third-order valence-electron chi connectivity index (χ3n) is 5.62. The van der Waals surface area contributed by atoms with Crippen LogP contribution in [0.4, 0.5) is 5.69 Å². The molecule has 0 saturated heterocycles. The number of phenols is 1. The van der Waals surface area contributed by atoms with E-state index in [0.717, 1.165) is 6.42 Å². The molecule has 0 spiro atoms. The predicted molar refractivity (Wildman–Crippen MR) is 126 cm³/mol. The zero-order chi connectivity index (χ0) is 23.2. The van der Waals surface area contributed by atoms with E-state index in [-0.39, 0.29) is 30.7 Å². The number of para-hydroxylation sites is 1. The van der Waals surface area contributed by atoms with Crippen molar-refractivity contribution in [3.8, 4) is 11.5 Å². The molecule has 3 aromatic rings. The number of carbonyl (C=O) groups is 2. The summed E-state index contributed by atoms with van der Waals surface area (Å²) >= 11 is 0. The molecule has 170 valence electrons. The molecular formula is C26H27N3O4. The minimum atomic E-state index is -0.810. The molecule has 0 aromatic heterocycles. The molecule has 0 aliphatic heterocycles. The summed E-state index contributed by atoms with van der Waals surface area (Å²) in [5, 5.41) is 15.0. The zero-order valence-corrected chi connectivity index (χ0v) is 18.1. The average molecular weight is 446 g/mol. The molecule has 7 heteroatoms. The van der Waals surface area contributed by atoms with Crippen LogP contribution in [0.3, 0.4) is 0 Å². The Labute approximate surface area is 192 Å². The van der Waals surface area contributed by atoms with Crippen LogP contribution < -0.4 is 21.1 Å². The molecule has 1 aliphatic carbocycles. The lowest BCUT2D eigenvalue weighted by Crippen LogP contribution is -2.44. The summed E-state index contributed by atoms with van der Waals surface area (Å²) < 4.78 is 5.83. The Morgan fingerprint density at radius 1 is 1.00 bits per heavy atom. The highest BCUT2D eigenvalue weighted by Gasteiger charge is 2.34. The van der Waals surface area contributed by atoms with E-state index in [4.69, 9.17) is 10.5 Å². The second-order valence-electron chi connectivity index (χ2n) is 8.14. The maximum atomic E-state index is 12.9. The summed E-state index contributed by atoms with van der Waals surface area (Å²) in [5.74, 6) is 0.441. The fourth-order valence-electron chi connectivity index (χ4n) is 3.58. The van der Waals surface area contributed by atoms with E-state index in [9.17, 15) is 14.7 Å². The molecule has 3 atom stereocenters. The molecule has 5 N–H and O–H groups in total. The van der Waals surface area contributed by atoms with Crippen LogP contribution in [0, 0.1) is 0 Å².